The Kier molecular flexibility index (Phi) is 2.37. The molecule has 1 aliphatic rings. The van der Waals surface area contributed by atoms with Crippen LogP contribution in [-0.4, -0.2) is 9.97 Å². The third-order valence-electron chi connectivity index (χ3n) is 3.30. The summed E-state index contributed by atoms with van der Waals surface area (Å²) in [5, 5.41) is 1.13. The van der Waals surface area contributed by atoms with Crippen molar-refractivity contribution < 1.29 is 0 Å². The van der Waals surface area contributed by atoms with E-state index in [9.17, 15) is 0 Å². The Balaban J connectivity index is 2.07. The number of halogens is 2. The van der Waals surface area contributed by atoms with Crippen LogP contribution in [0.25, 0.3) is 11.0 Å². The van der Waals surface area contributed by atoms with Crippen molar-refractivity contribution in [1.29, 1.82) is 0 Å². The van der Waals surface area contributed by atoms with Gasteiger partial charge in [0.25, 0.3) is 0 Å². The highest BCUT2D eigenvalue weighted by Crippen LogP contribution is 2.41. The first-order valence-corrected chi connectivity index (χ1v) is 6.25. The molecule has 1 N–H and O–H groups in total. The van der Waals surface area contributed by atoms with Gasteiger partial charge in [-0.1, -0.05) is 30.1 Å². The van der Waals surface area contributed by atoms with Gasteiger partial charge in [0, 0.05) is 5.92 Å². The van der Waals surface area contributed by atoms with Gasteiger partial charge >= 0.3 is 0 Å². The zero-order valence-corrected chi connectivity index (χ0v) is 10.4. The third kappa shape index (κ3) is 1.70. The molecule has 1 aromatic heterocycles. The minimum absolute atomic E-state index is 0.505. The molecule has 1 aromatic carbocycles. The van der Waals surface area contributed by atoms with Gasteiger partial charge in [-0.3, -0.25) is 0 Å². The van der Waals surface area contributed by atoms with Crippen LogP contribution < -0.4 is 0 Å². The maximum atomic E-state index is 5.97. The first-order valence-electron chi connectivity index (χ1n) is 5.50. The average Bonchev–Trinajstić information content (AvgIpc) is 3.01. The molecule has 3 rings (SSSR count). The summed E-state index contributed by atoms with van der Waals surface area (Å²) in [6.45, 7) is 2.22. The van der Waals surface area contributed by atoms with Crippen molar-refractivity contribution in [3.63, 3.8) is 0 Å². The van der Waals surface area contributed by atoms with E-state index >= 15 is 0 Å². The fraction of sp³-hybridized carbons (Fsp3) is 0.417. The molecule has 0 spiro atoms. The van der Waals surface area contributed by atoms with Crippen LogP contribution in [0.5, 0.6) is 0 Å². The third-order valence-corrected chi connectivity index (χ3v) is 4.02. The zero-order valence-electron chi connectivity index (χ0n) is 8.93. The highest BCUT2D eigenvalue weighted by Gasteiger charge is 2.30. The summed E-state index contributed by atoms with van der Waals surface area (Å²) >= 11 is 11.9. The molecule has 2 aromatic rings. The maximum Gasteiger partial charge on any atom is 0.110 e. The van der Waals surface area contributed by atoms with Gasteiger partial charge in [-0.05, 0) is 30.9 Å². The highest BCUT2D eigenvalue weighted by molar-refractivity contribution is 6.42. The van der Waals surface area contributed by atoms with Crippen molar-refractivity contribution in [2.75, 3.05) is 0 Å². The lowest BCUT2D eigenvalue weighted by atomic mass is 10.1. The number of hydrogen-bond acceptors (Lipinski definition) is 1. The van der Waals surface area contributed by atoms with Crippen LogP contribution in [0.4, 0.5) is 0 Å². The van der Waals surface area contributed by atoms with E-state index in [0.29, 0.717) is 16.0 Å². The molecule has 0 saturated heterocycles. The minimum Gasteiger partial charge on any atom is -0.342 e. The molecule has 1 aliphatic carbocycles. The molecule has 1 heterocycles. The summed E-state index contributed by atoms with van der Waals surface area (Å²) in [5.41, 5.74) is 1.87. The monoisotopic (exact) mass is 254 g/mol. The molecular weight excluding hydrogens is 243 g/mol. The van der Waals surface area contributed by atoms with E-state index in [0.717, 1.165) is 22.8 Å². The summed E-state index contributed by atoms with van der Waals surface area (Å²) < 4.78 is 0. The lowest BCUT2D eigenvalue weighted by molar-refractivity contribution is 0.630. The molecule has 84 valence electrons. The van der Waals surface area contributed by atoms with E-state index in [1.165, 1.54) is 12.8 Å². The van der Waals surface area contributed by atoms with E-state index in [-0.39, 0.29) is 0 Å². The van der Waals surface area contributed by atoms with Gasteiger partial charge in [0.15, 0.2) is 0 Å². The zero-order chi connectivity index (χ0) is 11.3. The number of H-pyrrole nitrogens is 1. The summed E-state index contributed by atoms with van der Waals surface area (Å²) in [6.07, 6.45) is 2.64. The van der Waals surface area contributed by atoms with Gasteiger partial charge in [0.1, 0.15) is 5.82 Å². The number of benzene rings is 1. The fourth-order valence-corrected chi connectivity index (χ4v) is 2.38. The molecule has 1 unspecified atom stereocenters. The Bertz CT molecular complexity index is 504. The van der Waals surface area contributed by atoms with Crippen LogP contribution in [0, 0.1) is 5.92 Å². The van der Waals surface area contributed by atoms with Crippen LogP contribution in [0.15, 0.2) is 12.1 Å². The second-order valence-electron chi connectivity index (χ2n) is 4.53. The van der Waals surface area contributed by atoms with Gasteiger partial charge < -0.3 is 4.98 Å². The Morgan fingerprint density at radius 3 is 2.69 bits per heavy atom. The van der Waals surface area contributed by atoms with Crippen LogP contribution in [0.3, 0.4) is 0 Å². The van der Waals surface area contributed by atoms with Crippen LogP contribution in [-0.2, 0) is 0 Å². The number of aromatic nitrogens is 2. The van der Waals surface area contributed by atoms with E-state index < -0.39 is 0 Å². The normalized spacial score (nSPS) is 17.9. The molecule has 0 bridgehead atoms. The molecule has 2 nitrogen and oxygen atoms in total. The Morgan fingerprint density at radius 1 is 1.31 bits per heavy atom. The predicted octanol–water partition coefficient (Wildman–Crippen LogP) is 4.38. The SMILES string of the molecule is CC(c1nc2cc(Cl)c(Cl)cc2[nH]1)C1CC1. The van der Waals surface area contributed by atoms with Gasteiger partial charge in [-0.15, -0.1) is 0 Å². The minimum atomic E-state index is 0.505. The maximum absolute atomic E-state index is 5.97. The van der Waals surface area contributed by atoms with E-state index in [1.54, 1.807) is 0 Å². The number of nitrogens with one attached hydrogen (secondary N) is 1. The largest absolute Gasteiger partial charge is 0.342 e. The molecule has 0 radical (unpaired) electrons. The molecule has 0 amide bonds. The Labute approximate surface area is 104 Å². The van der Waals surface area contributed by atoms with Crippen molar-refractivity contribution >= 4 is 34.2 Å². The Morgan fingerprint density at radius 2 is 2.00 bits per heavy atom. The topological polar surface area (TPSA) is 28.7 Å². The van der Waals surface area contributed by atoms with E-state index in [1.807, 2.05) is 12.1 Å². The molecule has 1 atom stereocenters. The predicted molar refractivity (Wildman–Crippen MR) is 67.3 cm³/mol. The van der Waals surface area contributed by atoms with Gasteiger partial charge in [0.2, 0.25) is 0 Å². The molecule has 1 fully saturated rings. The summed E-state index contributed by atoms with van der Waals surface area (Å²) in [4.78, 5) is 7.91. The highest BCUT2D eigenvalue weighted by atomic mass is 35.5. The van der Waals surface area contributed by atoms with Crippen LogP contribution in [0.1, 0.15) is 31.5 Å². The molecule has 0 aliphatic heterocycles. The van der Waals surface area contributed by atoms with Crippen LogP contribution >= 0.6 is 23.2 Å². The number of nitrogens with zero attached hydrogens (tertiary/aromatic N) is 1. The summed E-state index contributed by atoms with van der Waals surface area (Å²) in [5.74, 6) is 2.35. The van der Waals surface area contributed by atoms with Crippen molar-refractivity contribution in [2.45, 2.75) is 25.7 Å². The van der Waals surface area contributed by atoms with Gasteiger partial charge in [-0.2, -0.15) is 0 Å². The van der Waals surface area contributed by atoms with Crippen molar-refractivity contribution in [3.8, 4) is 0 Å². The van der Waals surface area contributed by atoms with E-state index in [4.69, 9.17) is 23.2 Å². The number of fused-ring (bicyclic) bond motifs is 1. The molecular formula is C12H12Cl2N2. The van der Waals surface area contributed by atoms with Gasteiger partial charge in [0.05, 0.1) is 21.1 Å². The molecule has 1 saturated carbocycles. The fourth-order valence-electron chi connectivity index (χ4n) is 2.06. The number of aromatic amines is 1. The molecule has 4 heteroatoms. The lowest BCUT2D eigenvalue weighted by Crippen LogP contribution is -1.97. The average molecular weight is 255 g/mol. The van der Waals surface area contributed by atoms with Crippen molar-refractivity contribution in [2.24, 2.45) is 5.92 Å². The molecule has 16 heavy (non-hydrogen) atoms. The van der Waals surface area contributed by atoms with E-state index in [2.05, 4.69) is 16.9 Å². The first-order chi connectivity index (χ1) is 7.65. The summed E-state index contributed by atoms with van der Waals surface area (Å²) in [6, 6.07) is 3.66. The van der Waals surface area contributed by atoms with Crippen molar-refractivity contribution in [3.05, 3.63) is 28.0 Å². The Hall–Kier alpha value is -0.730. The van der Waals surface area contributed by atoms with Crippen molar-refractivity contribution in [1.82, 2.24) is 9.97 Å². The second kappa shape index (κ2) is 3.64. The number of imidazole rings is 1. The smallest absolute Gasteiger partial charge is 0.110 e. The second-order valence-corrected chi connectivity index (χ2v) is 5.35. The lowest BCUT2D eigenvalue weighted by Gasteiger charge is -2.04. The van der Waals surface area contributed by atoms with Crippen LogP contribution in [0.2, 0.25) is 10.0 Å². The number of rotatable bonds is 2. The number of hydrogen-bond donors (Lipinski definition) is 1. The quantitative estimate of drug-likeness (QED) is 0.847. The standard InChI is InChI=1S/C12H12Cl2N2/c1-6(7-2-3-7)12-15-10-4-8(13)9(14)5-11(10)16-12/h4-7H,2-3H2,1H3,(H,15,16). The first kappa shape index (κ1) is 10.4. The summed E-state index contributed by atoms with van der Waals surface area (Å²) in [7, 11) is 0. The van der Waals surface area contributed by atoms with Gasteiger partial charge in [-0.25, -0.2) is 4.98 Å².